The second-order valence-corrected chi connectivity index (χ2v) is 14.3. The zero-order valence-corrected chi connectivity index (χ0v) is 29.1. The molecule has 1 aliphatic carbocycles. The van der Waals surface area contributed by atoms with Gasteiger partial charge in [0.15, 0.2) is 0 Å². The number of furan rings is 1. The summed E-state index contributed by atoms with van der Waals surface area (Å²) in [6.45, 7) is 0. The molecule has 0 saturated heterocycles. The van der Waals surface area contributed by atoms with Gasteiger partial charge in [0.25, 0.3) is 0 Å². The summed E-state index contributed by atoms with van der Waals surface area (Å²) >= 11 is 0. The predicted molar refractivity (Wildman–Crippen MR) is 220 cm³/mol. The van der Waals surface area contributed by atoms with E-state index in [1.165, 1.54) is 81.5 Å². The van der Waals surface area contributed by atoms with Gasteiger partial charge in [0.2, 0.25) is 0 Å². The highest BCUT2D eigenvalue weighted by molar-refractivity contribution is 6.14. The molecule has 1 fully saturated rings. The minimum Gasteiger partial charge on any atom is -0.456 e. The Bertz CT molecular complexity index is 2720. The van der Waals surface area contributed by atoms with Crippen LogP contribution in [0.2, 0.25) is 0 Å². The van der Waals surface area contributed by atoms with Crippen LogP contribution in [0, 0.1) is 0 Å². The molecule has 1 heterocycles. The topological polar surface area (TPSA) is 16.4 Å². The van der Waals surface area contributed by atoms with E-state index in [1.807, 2.05) is 6.07 Å². The third-order valence-corrected chi connectivity index (χ3v) is 11.3. The molecule has 0 aliphatic heterocycles. The normalized spacial score (nSPS) is 13.7. The fourth-order valence-corrected chi connectivity index (χ4v) is 8.86. The number of para-hydroxylation sites is 2. The second kappa shape index (κ2) is 12.9. The zero-order valence-electron chi connectivity index (χ0n) is 29.1. The zero-order chi connectivity index (χ0) is 34.4. The van der Waals surface area contributed by atoms with Crippen LogP contribution in [0.1, 0.15) is 43.6 Å². The molecule has 9 aromatic rings. The monoisotopic (exact) mass is 669 g/mol. The van der Waals surface area contributed by atoms with E-state index in [-0.39, 0.29) is 0 Å². The van der Waals surface area contributed by atoms with E-state index in [4.69, 9.17) is 4.42 Å². The number of hydrogen-bond acceptors (Lipinski definition) is 2. The number of nitrogens with zero attached hydrogens (tertiary/aromatic N) is 1. The third kappa shape index (κ3) is 5.17. The molecule has 0 radical (unpaired) electrons. The summed E-state index contributed by atoms with van der Waals surface area (Å²) in [5.74, 6) is 0.592. The van der Waals surface area contributed by atoms with Crippen molar-refractivity contribution in [2.75, 3.05) is 4.90 Å². The van der Waals surface area contributed by atoms with Crippen LogP contribution in [0.25, 0.3) is 65.7 Å². The molecule has 1 aliphatic rings. The quantitative estimate of drug-likeness (QED) is 0.175. The molecule has 2 heteroatoms. The maximum Gasteiger partial charge on any atom is 0.137 e. The molecule has 8 aromatic carbocycles. The average molecular weight is 670 g/mol. The standard InChI is InChI=1S/C50H39NO/c1-2-14-35(15-3-1)41-24-11-18-37-19-12-25-43(49(37)41)42-21-6-8-26-45(42)51(46-27-13-29-48-50(46)44-22-7-9-28-47(44)52-48)38-32-30-36(31-33-38)40-23-10-17-34-16-4-5-20-39(34)40/h4-13,16-33,35H,1-3,14-15H2. The third-order valence-electron chi connectivity index (χ3n) is 11.3. The van der Waals surface area contributed by atoms with Crippen molar-refractivity contribution < 1.29 is 4.42 Å². The number of fused-ring (bicyclic) bond motifs is 5. The Morgan fingerprint density at radius 1 is 0.423 bits per heavy atom. The Morgan fingerprint density at radius 2 is 1.04 bits per heavy atom. The Kier molecular flexibility index (Phi) is 7.61. The maximum absolute atomic E-state index is 6.46. The first kappa shape index (κ1) is 30.7. The summed E-state index contributed by atoms with van der Waals surface area (Å²) in [5.41, 5.74) is 11.6. The van der Waals surface area contributed by atoms with Crippen molar-refractivity contribution in [2.24, 2.45) is 0 Å². The Morgan fingerprint density at radius 3 is 1.90 bits per heavy atom. The largest absolute Gasteiger partial charge is 0.456 e. The lowest BCUT2D eigenvalue weighted by Gasteiger charge is -2.29. The van der Waals surface area contributed by atoms with Gasteiger partial charge in [-0.15, -0.1) is 0 Å². The van der Waals surface area contributed by atoms with Crippen molar-refractivity contribution in [3.05, 3.63) is 175 Å². The van der Waals surface area contributed by atoms with Gasteiger partial charge in [-0.3, -0.25) is 0 Å². The molecule has 1 saturated carbocycles. The second-order valence-electron chi connectivity index (χ2n) is 14.3. The number of hydrogen-bond donors (Lipinski definition) is 0. The minimum atomic E-state index is 0.592. The van der Waals surface area contributed by atoms with Gasteiger partial charge in [-0.05, 0) is 99.0 Å². The summed E-state index contributed by atoms with van der Waals surface area (Å²) in [5, 5.41) is 7.45. The van der Waals surface area contributed by atoms with E-state index in [2.05, 4.69) is 169 Å². The lowest BCUT2D eigenvalue weighted by molar-refractivity contribution is 0.445. The van der Waals surface area contributed by atoms with E-state index in [0.29, 0.717) is 5.92 Å². The Balaban J connectivity index is 1.21. The number of benzene rings is 8. The molecule has 0 N–H and O–H groups in total. The highest BCUT2D eigenvalue weighted by atomic mass is 16.3. The maximum atomic E-state index is 6.46. The molecule has 0 unspecified atom stereocenters. The highest BCUT2D eigenvalue weighted by Crippen LogP contribution is 2.48. The van der Waals surface area contributed by atoms with E-state index < -0.39 is 0 Å². The van der Waals surface area contributed by atoms with Crippen LogP contribution in [-0.4, -0.2) is 0 Å². The number of anilines is 3. The predicted octanol–water partition coefficient (Wildman–Crippen LogP) is 14.7. The smallest absolute Gasteiger partial charge is 0.137 e. The van der Waals surface area contributed by atoms with Gasteiger partial charge in [-0.25, -0.2) is 0 Å². The van der Waals surface area contributed by atoms with Gasteiger partial charge < -0.3 is 9.32 Å². The van der Waals surface area contributed by atoms with Crippen molar-refractivity contribution in [3.63, 3.8) is 0 Å². The van der Waals surface area contributed by atoms with Crippen LogP contribution in [0.3, 0.4) is 0 Å². The van der Waals surface area contributed by atoms with Crippen LogP contribution < -0.4 is 4.90 Å². The SMILES string of the molecule is c1ccc(N(c2ccc(-c3cccc4ccccc34)cc2)c2cccc3oc4ccccc4c23)c(-c2cccc3cccc(C4CCCCC4)c23)c1. The molecule has 0 bridgehead atoms. The van der Waals surface area contributed by atoms with Gasteiger partial charge in [-0.1, -0.05) is 153 Å². The Hall–Kier alpha value is -6.12. The minimum absolute atomic E-state index is 0.592. The fraction of sp³-hybridized carbons (Fsp3) is 0.120. The molecular weight excluding hydrogens is 631 g/mol. The molecule has 2 nitrogen and oxygen atoms in total. The lowest BCUT2D eigenvalue weighted by atomic mass is 9.80. The van der Waals surface area contributed by atoms with Crippen molar-refractivity contribution in [3.8, 4) is 22.3 Å². The van der Waals surface area contributed by atoms with E-state index >= 15 is 0 Å². The highest BCUT2D eigenvalue weighted by Gasteiger charge is 2.24. The molecule has 0 spiro atoms. The molecule has 0 atom stereocenters. The molecule has 0 amide bonds. The van der Waals surface area contributed by atoms with E-state index in [9.17, 15) is 0 Å². The first-order valence-corrected chi connectivity index (χ1v) is 18.7. The van der Waals surface area contributed by atoms with Crippen molar-refractivity contribution in [1.29, 1.82) is 0 Å². The van der Waals surface area contributed by atoms with Gasteiger partial charge in [0.05, 0.1) is 16.8 Å². The van der Waals surface area contributed by atoms with Gasteiger partial charge in [0.1, 0.15) is 11.2 Å². The molecule has 10 rings (SSSR count). The van der Waals surface area contributed by atoms with Gasteiger partial charge in [0, 0.05) is 16.6 Å². The van der Waals surface area contributed by atoms with E-state index in [1.54, 1.807) is 0 Å². The average Bonchev–Trinajstić information content (AvgIpc) is 3.61. The van der Waals surface area contributed by atoms with E-state index in [0.717, 1.165) is 39.0 Å². The summed E-state index contributed by atoms with van der Waals surface area (Å²) < 4.78 is 6.46. The van der Waals surface area contributed by atoms with Crippen molar-refractivity contribution >= 4 is 60.5 Å². The summed E-state index contributed by atoms with van der Waals surface area (Å²) in [6, 6.07) is 62.0. The van der Waals surface area contributed by atoms with Crippen LogP contribution in [0.15, 0.2) is 174 Å². The van der Waals surface area contributed by atoms with Crippen LogP contribution in [0.4, 0.5) is 17.1 Å². The van der Waals surface area contributed by atoms with Gasteiger partial charge in [-0.2, -0.15) is 0 Å². The molecule has 250 valence electrons. The molecular formula is C50H39NO. The lowest BCUT2D eigenvalue weighted by Crippen LogP contribution is -2.12. The Labute approximate surface area is 304 Å². The summed E-state index contributed by atoms with van der Waals surface area (Å²) in [4.78, 5) is 2.45. The fourth-order valence-electron chi connectivity index (χ4n) is 8.86. The van der Waals surface area contributed by atoms with Crippen LogP contribution >= 0.6 is 0 Å². The van der Waals surface area contributed by atoms with Crippen LogP contribution in [-0.2, 0) is 0 Å². The number of rotatable bonds is 6. The van der Waals surface area contributed by atoms with Gasteiger partial charge >= 0.3 is 0 Å². The van der Waals surface area contributed by atoms with Crippen molar-refractivity contribution in [1.82, 2.24) is 0 Å². The van der Waals surface area contributed by atoms with Crippen molar-refractivity contribution in [2.45, 2.75) is 38.0 Å². The molecule has 52 heavy (non-hydrogen) atoms. The summed E-state index contributed by atoms with van der Waals surface area (Å²) in [6.07, 6.45) is 6.50. The first-order chi connectivity index (χ1) is 25.8. The summed E-state index contributed by atoms with van der Waals surface area (Å²) in [7, 11) is 0. The molecule has 1 aromatic heterocycles. The first-order valence-electron chi connectivity index (χ1n) is 18.7. The van der Waals surface area contributed by atoms with Crippen LogP contribution in [0.5, 0.6) is 0 Å².